The second-order valence-corrected chi connectivity index (χ2v) is 5.44. The minimum absolute atomic E-state index is 0.108. The quantitative estimate of drug-likeness (QED) is 0.624. The van der Waals surface area contributed by atoms with E-state index in [0.717, 1.165) is 6.20 Å². The Labute approximate surface area is 119 Å². The van der Waals surface area contributed by atoms with Crippen molar-refractivity contribution in [2.24, 2.45) is 0 Å². The van der Waals surface area contributed by atoms with E-state index in [-0.39, 0.29) is 23.4 Å². The normalized spacial score (nSPS) is 28.3. The zero-order chi connectivity index (χ0) is 14.3. The summed E-state index contributed by atoms with van der Waals surface area (Å²) in [4.78, 5) is 12.2. The zero-order valence-corrected chi connectivity index (χ0v) is 11.4. The molecule has 2 aliphatic heterocycles. The van der Waals surface area contributed by atoms with E-state index in [2.05, 4.69) is 10.00 Å². The summed E-state index contributed by atoms with van der Waals surface area (Å²) in [6.07, 6.45) is 0.443. The summed E-state index contributed by atoms with van der Waals surface area (Å²) in [6, 6.07) is -0.259. The molecule has 0 N–H and O–H groups in total. The third-order valence-electron chi connectivity index (χ3n) is 3.90. The highest BCUT2D eigenvalue weighted by Crippen LogP contribution is 2.33. The Hall–Kier alpha value is -1.25. The standard InChI is InChI=1S/C11H14ClFN4O3/c12-11-10(17(18)19)3-14-16(11)9-1-2-15(4-8(9)13)7-5-20-6-7/h3,7-9H,1-2,4-6H2/t8-,9-/m0/s1. The van der Waals surface area contributed by atoms with E-state index in [1.54, 1.807) is 0 Å². The topological polar surface area (TPSA) is 73.4 Å². The first-order valence-corrected chi connectivity index (χ1v) is 6.79. The van der Waals surface area contributed by atoms with Gasteiger partial charge in [-0.15, -0.1) is 0 Å². The van der Waals surface area contributed by atoms with Crippen molar-refractivity contribution in [3.8, 4) is 0 Å². The maximum Gasteiger partial charge on any atom is 0.325 e. The molecule has 3 heterocycles. The van der Waals surface area contributed by atoms with Gasteiger partial charge in [0, 0.05) is 13.1 Å². The second-order valence-electron chi connectivity index (χ2n) is 5.08. The molecule has 110 valence electrons. The second kappa shape index (κ2) is 5.27. The van der Waals surface area contributed by atoms with Gasteiger partial charge in [0.25, 0.3) is 0 Å². The smallest absolute Gasteiger partial charge is 0.325 e. The van der Waals surface area contributed by atoms with Crippen molar-refractivity contribution in [2.75, 3.05) is 26.3 Å². The number of hydrogen-bond donors (Lipinski definition) is 0. The number of likely N-dealkylation sites (tertiary alicyclic amines) is 1. The Balaban J connectivity index is 1.73. The molecule has 0 unspecified atom stereocenters. The van der Waals surface area contributed by atoms with Gasteiger partial charge in [-0.05, 0) is 6.42 Å². The Kier molecular flexibility index (Phi) is 3.61. The molecule has 1 aromatic rings. The average molecular weight is 305 g/mol. The predicted octanol–water partition coefficient (Wildman–Crippen LogP) is 1.43. The third-order valence-corrected chi connectivity index (χ3v) is 4.27. The van der Waals surface area contributed by atoms with Crippen molar-refractivity contribution in [2.45, 2.75) is 24.7 Å². The first kappa shape index (κ1) is 13.7. The third kappa shape index (κ3) is 2.27. The minimum atomic E-state index is -1.15. The van der Waals surface area contributed by atoms with Crippen molar-refractivity contribution >= 4 is 17.3 Å². The molecule has 2 aliphatic rings. The van der Waals surface area contributed by atoms with Crippen LogP contribution in [0, 0.1) is 10.1 Å². The van der Waals surface area contributed by atoms with Gasteiger partial charge in [0.1, 0.15) is 12.4 Å². The first-order valence-electron chi connectivity index (χ1n) is 6.41. The van der Waals surface area contributed by atoms with E-state index in [4.69, 9.17) is 16.3 Å². The van der Waals surface area contributed by atoms with Gasteiger partial charge in [0.05, 0.1) is 30.2 Å². The van der Waals surface area contributed by atoms with Gasteiger partial charge in [-0.1, -0.05) is 11.6 Å². The summed E-state index contributed by atoms with van der Waals surface area (Å²) in [5.41, 5.74) is -0.284. The number of alkyl halides is 1. The Bertz CT molecular complexity index is 522. The minimum Gasteiger partial charge on any atom is -0.378 e. The molecule has 0 saturated carbocycles. The summed E-state index contributed by atoms with van der Waals surface area (Å²) in [6.45, 7) is 2.28. The van der Waals surface area contributed by atoms with Crippen LogP contribution in [0.15, 0.2) is 6.20 Å². The van der Waals surface area contributed by atoms with Crippen molar-refractivity contribution < 1.29 is 14.1 Å². The molecule has 0 spiro atoms. The van der Waals surface area contributed by atoms with Crippen LogP contribution in [0.2, 0.25) is 5.15 Å². The number of ether oxygens (including phenoxy) is 1. The fraction of sp³-hybridized carbons (Fsp3) is 0.727. The number of halogens is 2. The zero-order valence-electron chi connectivity index (χ0n) is 10.6. The fourth-order valence-corrected chi connectivity index (χ4v) is 2.94. The molecule has 9 heteroatoms. The van der Waals surface area contributed by atoms with Gasteiger partial charge in [0.15, 0.2) is 0 Å². The lowest BCUT2D eigenvalue weighted by Gasteiger charge is -2.42. The highest BCUT2D eigenvalue weighted by molar-refractivity contribution is 6.31. The molecule has 1 aromatic heterocycles. The Morgan fingerprint density at radius 2 is 2.30 bits per heavy atom. The lowest BCUT2D eigenvalue weighted by molar-refractivity contribution is -0.384. The highest BCUT2D eigenvalue weighted by Gasteiger charge is 2.38. The number of aromatic nitrogens is 2. The molecular formula is C11H14ClFN4O3. The molecule has 20 heavy (non-hydrogen) atoms. The van der Waals surface area contributed by atoms with Crippen LogP contribution in [0.4, 0.5) is 10.1 Å². The van der Waals surface area contributed by atoms with E-state index < -0.39 is 17.1 Å². The Morgan fingerprint density at radius 3 is 2.80 bits per heavy atom. The Morgan fingerprint density at radius 1 is 1.55 bits per heavy atom. The van der Waals surface area contributed by atoms with E-state index >= 15 is 0 Å². The van der Waals surface area contributed by atoms with E-state index in [0.29, 0.717) is 26.2 Å². The summed E-state index contributed by atoms with van der Waals surface area (Å²) in [5.74, 6) is 0. The van der Waals surface area contributed by atoms with Crippen LogP contribution in [0.5, 0.6) is 0 Å². The number of hydrogen-bond acceptors (Lipinski definition) is 5. The molecule has 0 aromatic carbocycles. The average Bonchev–Trinajstić information content (AvgIpc) is 2.69. The van der Waals surface area contributed by atoms with Crippen LogP contribution in [-0.2, 0) is 4.74 Å². The van der Waals surface area contributed by atoms with Crippen LogP contribution in [0.1, 0.15) is 12.5 Å². The van der Waals surface area contributed by atoms with Gasteiger partial charge in [-0.2, -0.15) is 5.10 Å². The molecule has 0 radical (unpaired) electrons. The van der Waals surface area contributed by atoms with Gasteiger partial charge in [-0.3, -0.25) is 15.0 Å². The largest absolute Gasteiger partial charge is 0.378 e. The van der Waals surface area contributed by atoms with E-state index in [1.165, 1.54) is 4.68 Å². The van der Waals surface area contributed by atoms with Crippen LogP contribution in [-0.4, -0.2) is 58.1 Å². The number of nitro groups is 1. The molecule has 3 rings (SSSR count). The molecule has 7 nitrogen and oxygen atoms in total. The molecule has 0 amide bonds. The van der Waals surface area contributed by atoms with Crippen LogP contribution in [0.25, 0.3) is 0 Å². The van der Waals surface area contributed by atoms with E-state index in [9.17, 15) is 14.5 Å². The van der Waals surface area contributed by atoms with Crippen molar-refractivity contribution in [1.82, 2.24) is 14.7 Å². The number of rotatable bonds is 3. The lowest BCUT2D eigenvalue weighted by atomic mass is 10.0. The maximum absolute atomic E-state index is 14.3. The lowest BCUT2D eigenvalue weighted by Crippen LogP contribution is -2.55. The van der Waals surface area contributed by atoms with Crippen LogP contribution < -0.4 is 0 Å². The molecule has 2 saturated heterocycles. The van der Waals surface area contributed by atoms with Crippen molar-refractivity contribution in [3.05, 3.63) is 21.5 Å². The van der Waals surface area contributed by atoms with Gasteiger partial charge >= 0.3 is 5.69 Å². The van der Waals surface area contributed by atoms with Crippen molar-refractivity contribution in [1.29, 1.82) is 0 Å². The van der Waals surface area contributed by atoms with E-state index in [1.807, 2.05) is 0 Å². The number of nitrogens with zero attached hydrogens (tertiary/aromatic N) is 4. The number of piperidine rings is 1. The molecule has 0 bridgehead atoms. The van der Waals surface area contributed by atoms with Gasteiger partial charge in [-0.25, -0.2) is 9.07 Å². The van der Waals surface area contributed by atoms with Gasteiger partial charge < -0.3 is 4.74 Å². The first-order chi connectivity index (χ1) is 9.58. The molecule has 0 aliphatic carbocycles. The predicted molar refractivity (Wildman–Crippen MR) is 68.6 cm³/mol. The summed E-state index contributed by atoms with van der Waals surface area (Å²) in [7, 11) is 0. The summed E-state index contributed by atoms with van der Waals surface area (Å²) >= 11 is 5.91. The summed E-state index contributed by atoms with van der Waals surface area (Å²) in [5, 5.41) is 14.5. The molecular weight excluding hydrogens is 291 g/mol. The van der Waals surface area contributed by atoms with Crippen LogP contribution >= 0.6 is 11.6 Å². The SMILES string of the molecule is O=[N+]([O-])c1cnn([C@H]2CCN(C3COC3)C[C@@H]2F)c1Cl. The highest BCUT2D eigenvalue weighted by atomic mass is 35.5. The van der Waals surface area contributed by atoms with Crippen molar-refractivity contribution in [3.63, 3.8) is 0 Å². The van der Waals surface area contributed by atoms with Crippen LogP contribution in [0.3, 0.4) is 0 Å². The van der Waals surface area contributed by atoms with Gasteiger partial charge in [0.2, 0.25) is 5.15 Å². The molecule has 2 fully saturated rings. The fourth-order valence-electron chi connectivity index (χ4n) is 2.65. The monoisotopic (exact) mass is 304 g/mol. The molecule has 2 atom stereocenters. The summed E-state index contributed by atoms with van der Waals surface area (Å²) < 4.78 is 20.7. The maximum atomic E-state index is 14.3.